The maximum Gasteiger partial charge on any atom is 0.248 e. The van der Waals surface area contributed by atoms with Crippen LogP contribution in [0.15, 0.2) is 39.8 Å². The maximum atomic E-state index is 13.0. The first-order chi connectivity index (χ1) is 15.4. The first kappa shape index (κ1) is 22.9. The monoisotopic (exact) mass is 460 g/mol. The van der Waals surface area contributed by atoms with Gasteiger partial charge >= 0.3 is 0 Å². The molecule has 174 valence electrons. The van der Waals surface area contributed by atoms with E-state index >= 15 is 0 Å². The number of aromatic nitrogens is 1. The second kappa shape index (κ2) is 9.72. The van der Waals surface area contributed by atoms with E-state index in [9.17, 15) is 13.2 Å². The average Bonchev–Trinajstić information content (AvgIpc) is 3.44. The van der Waals surface area contributed by atoms with Crippen LogP contribution in [0.3, 0.4) is 0 Å². The van der Waals surface area contributed by atoms with Gasteiger partial charge in [0.1, 0.15) is 10.6 Å². The van der Waals surface area contributed by atoms with Gasteiger partial charge in [0.05, 0.1) is 6.04 Å². The van der Waals surface area contributed by atoms with Crippen LogP contribution in [-0.4, -0.2) is 61.4 Å². The summed E-state index contributed by atoms with van der Waals surface area (Å²) in [5.41, 5.74) is 1.59. The van der Waals surface area contributed by atoms with Gasteiger partial charge in [-0.25, -0.2) is 8.42 Å². The zero-order chi connectivity index (χ0) is 22.7. The van der Waals surface area contributed by atoms with Crippen LogP contribution < -0.4 is 5.32 Å². The molecular formula is C23H32N4O4S. The normalized spacial score (nSPS) is 19.8. The van der Waals surface area contributed by atoms with E-state index in [-0.39, 0.29) is 22.8 Å². The summed E-state index contributed by atoms with van der Waals surface area (Å²) in [7, 11) is -3.66. The Labute approximate surface area is 190 Å². The van der Waals surface area contributed by atoms with Crippen molar-refractivity contribution in [3.63, 3.8) is 0 Å². The Bertz CT molecular complexity index is 1000. The van der Waals surface area contributed by atoms with Crippen molar-refractivity contribution in [2.75, 3.05) is 32.7 Å². The van der Waals surface area contributed by atoms with Crippen LogP contribution in [0.5, 0.6) is 0 Å². The fourth-order valence-electron chi connectivity index (χ4n) is 4.86. The van der Waals surface area contributed by atoms with Crippen molar-refractivity contribution in [3.05, 3.63) is 47.3 Å². The summed E-state index contributed by atoms with van der Waals surface area (Å²) in [6.07, 6.45) is 3.40. The molecule has 8 nitrogen and oxygen atoms in total. The number of carbonyl (C=O) groups is 1. The summed E-state index contributed by atoms with van der Waals surface area (Å²) in [6, 6.07) is 10.5. The third-order valence-electron chi connectivity index (χ3n) is 6.63. The summed E-state index contributed by atoms with van der Waals surface area (Å²) < 4.78 is 32.5. The van der Waals surface area contributed by atoms with E-state index < -0.39 is 10.0 Å². The molecule has 1 N–H and O–H groups in total. The summed E-state index contributed by atoms with van der Waals surface area (Å²) >= 11 is 0. The Morgan fingerprint density at radius 1 is 1.12 bits per heavy atom. The lowest BCUT2D eigenvalue weighted by Gasteiger charge is -2.32. The van der Waals surface area contributed by atoms with E-state index in [1.807, 2.05) is 18.2 Å². The van der Waals surface area contributed by atoms with Crippen molar-refractivity contribution in [2.45, 2.75) is 50.5 Å². The molecule has 1 aromatic carbocycles. The number of rotatable bonds is 7. The van der Waals surface area contributed by atoms with Gasteiger partial charge in [-0.15, -0.1) is 0 Å². The zero-order valence-electron chi connectivity index (χ0n) is 18.8. The molecule has 32 heavy (non-hydrogen) atoms. The number of hydrogen-bond donors (Lipinski definition) is 1. The van der Waals surface area contributed by atoms with E-state index in [4.69, 9.17) is 4.52 Å². The van der Waals surface area contributed by atoms with Crippen molar-refractivity contribution < 1.29 is 17.7 Å². The van der Waals surface area contributed by atoms with Crippen molar-refractivity contribution in [3.8, 4) is 0 Å². The first-order valence-electron chi connectivity index (χ1n) is 11.4. The fraction of sp³-hybridized carbons (Fsp3) is 0.565. The molecule has 1 aromatic heterocycles. The quantitative estimate of drug-likeness (QED) is 0.683. The minimum Gasteiger partial charge on any atom is -0.360 e. The highest BCUT2D eigenvalue weighted by atomic mass is 32.2. The average molecular weight is 461 g/mol. The summed E-state index contributed by atoms with van der Waals surface area (Å²) in [6.45, 7) is 6.54. The first-order valence-corrected chi connectivity index (χ1v) is 12.8. The number of piperidine rings is 1. The van der Waals surface area contributed by atoms with Gasteiger partial charge in [-0.3, -0.25) is 9.69 Å². The van der Waals surface area contributed by atoms with Gasteiger partial charge in [0.25, 0.3) is 0 Å². The number of amides is 1. The number of nitrogens with zero attached hydrogens (tertiary/aromatic N) is 3. The molecule has 1 atom stereocenters. The third kappa shape index (κ3) is 4.74. The molecule has 2 saturated heterocycles. The number of nitrogens with one attached hydrogen (secondary N) is 1. The lowest BCUT2D eigenvalue weighted by atomic mass is 9.97. The second-order valence-electron chi connectivity index (χ2n) is 8.75. The molecule has 3 heterocycles. The number of aryl methyl sites for hydroxylation is 2. The Kier molecular flexibility index (Phi) is 6.97. The lowest BCUT2D eigenvalue weighted by Crippen LogP contribution is -2.44. The van der Waals surface area contributed by atoms with E-state index in [1.165, 1.54) is 22.7 Å². The molecule has 0 radical (unpaired) electrons. The molecule has 1 unspecified atom stereocenters. The van der Waals surface area contributed by atoms with Gasteiger partial charge in [-0.2, -0.15) is 4.31 Å². The maximum absolute atomic E-state index is 13.0. The highest BCUT2D eigenvalue weighted by Gasteiger charge is 2.35. The zero-order valence-corrected chi connectivity index (χ0v) is 19.6. The Morgan fingerprint density at radius 3 is 2.38 bits per heavy atom. The molecule has 0 aliphatic carbocycles. The minimum atomic E-state index is -3.66. The highest BCUT2D eigenvalue weighted by Crippen LogP contribution is 2.28. The van der Waals surface area contributed by atoms with Crippen LogP contribution in [0, 0.1) is 19.8 Å². The van der Waals surface area contributed by atoms with Crippen LogP contribution in [0.1, 0.15) is 48.7 Å². The summed E-state index contributed by atoms with van der Waals surface area (Å²) in [5, 5.41) is 6.92. The Hall–Kier alpha value is -2.23. The van der Waals surface area contributed by atoms with Crippen LogP contribution >= 0.6 is 0 Å². The van der Waals surface area contributed by atoms with E-state index in [0.717, 1.165) is 13.1 Å². The Morgan fingerprint density at radius 2 is 1.78 bits per heavy atom. The molecule has 2 aliphatic rings. The molecule has 2 fully saturated rings. The minimum absolute atomic E-state index is 0.0134. The number of hydrogen-bond acceptors (Lipinski definition) is 6. The molecule has 0 bridgehead atoms. The second-order valence-corrected chi connectivity index (χ2v) is 10.6. The highest BCUT2D eigenvalue weighted by molar-refractivity contribution is 7.89. The predicted octanol–water partition coefficient (Wildman–Crippen LogP) is 2.65. The molecule has 2 aliphatic heterocycles. The summed E-state index contributed by atoms with van der Waals surface area (Å²) in [5.74, 6) is 0.136. The van der Waals surface area contributed by atoms with Crippen molar-refractivity contribution in [2.24, 2.45) is 5.92 Å². The predicted molar refractivity (Wildman–Crippen MR) is 120 cm³/mol. The van der Waals surface area contributed by atoms with Gasteiger partial charge in [0, 0.05) is 25.6 Å². The number of sulfonamides is 1. The molecular weight excluding hydrogens is 428 g/mol. The SMILES string of the molecule is Cc1noc(C)c1S(=O)(=O)N1CCC(C(=O)NCC(c2ccccc2)N2CCCC2)CC1. The molecule has 9 heteroatoms. The van der Waals surface area contributed by atoms with Crippen LogP contribution in [0.25, 0.3) is 0 Å². The standard InChI is InChI=1S/C23H32N4O4S/c1-17-22(18(2)31-25-17)32(29,30)27-14-10-20(11-15-27)23(28)24-16-21(26-12-6-7-13-26)19-8-4-3-5-9-19/h3-5,8-9,20-21H,6-7,10-16H2,1-2H3,(H,24,28). The van der Waals surface area contributed by atoms with Gasteiger partial charge in [0.15, 0.2) is 5.76 Å². The molecule has 2 aromatic rings. The van der Waals surface area contributed by atoms with E-state index in [1.54, 1.807) is 13.8 Å². The Balaban J connectivity index is 1.35. The van der Waals surface area contributed by atoms with Gasteiger partial charge in [-0.1, -0.05) is 35.5 Å². The van der Waals surface area contributed by atoms with Crippen molar-refractivity contribution in [1.29, 1.82) is 0 Å². The molecule has 0 spiro atoms. The van der Waals surface area contributed by atoms with Crippen LogP contribution in [-0.2, 0) is 14.8 Å². The van der Waals surface area contributed by atoms with Gasteiger partial charge in [0.2, 0.25) is 15.9 Å². The molecule has 4 rings (SSSR count). The lowest BCUT2D eigenvalue weighted by molar-refractivity contribution is -0.126. The largest absolute Gasteiger partial charge is 0.360 e. The van der Waals surface area contributed by atoms with Crippen molar-refractivity contribution in [1.82, 2.24) is 19.7 Å². The van der Waals surface area contributed by atoms with Gasteiger partial charge < -0.3 is 9.84 Å². The van der Waals surface area contributed by atoms with Crippen molar-refractivity contribution >= 4 is 15.9 Å². The van der Waals surface area contributed by atoms with E-state index in [0.29, 0.717) is 43.9 Å². The molecule has 0 saturated carbocycles. The topological polar surface area (TPSA) is 95.8 Å². The molecule has 1 amide bonds. The number of carbonyl (C=O) groups excluding carboxylic acids is 1. The fourth-order valence-corrected chi connectivity index (χ4v) is 6.62. The van der Waals surface area contributed by atoms with Crippen LogP contribution in [0.2, 0.25) is 0 Å². The smallest absolute Gasteiger partial charge is 0.248 e. The van der Waals surface area contributed by atoms with E-state index in [2.05, 4.69) is 27.5 Å². The third-order valence-corrected chi connectivity index (χ3v) is 8.77. The van der Waals surface area contributed by atoms with Crippen LogP contribution in [0.4, 0.5) is 0 Å². The summed E-state index contributed by atoms with van der Waals surface area (Å²) in [4.78, 5) is 15.5. The number of likely N-dealkylation sites (tertiary alicyclic amines) is 1. The van der Waals surface area contributed by atoms with Gasteiger partial charge in [-0.05, 0) is 58.2 Å². The number of benzene rings is 1.